The maximum Gasteiger partial charge on any atom is 0.416 e. The number of sulfone groups is 1. The number of piperidine rings is 1. The van der Waals surface area contributed by atoms with Crippen LogP contribution in [-0.4, -0.2) is 53.5 Å². The predicted octanol–water partition coefficient (Wildman–Crippen LogP) is 6.09. The Labute approximate surface area is 236 Å². The molecular weight excluding hydrogens is 565 g/mol. The molecule has 3 aromatic rings. The predicted molar refractivity (Wildman–Crippen MR) is 144 cm³/mol. The summed E-state index contributed by atoms with van der Waals surface area (Å²) >= 11 is 6.48. The van der Waals surface area contributed by atoms with Gasteiger partial charge in [-0.2, -0.15) is 13.2 Å². The molecule has 5 rings (SSSR count). The van der Waals surface area contributed by atoms with E-state index in [1.54, 1.807) is 6.07 Å². The standard InChI is InChI=1S/C28H30ClF3N4O3S/c29-24-15-23(40(37,38)17-22-9-10-33-18-35-22)16-34-27(24)39-26-8-7-20(14-25(26)36-11-2-1-3-12-36)19-5-4-6-21(13-19)28(30,31)32/h4-6,9-10,13,15-16,18,20,25-26H,1-3,7-8,11-12,14,17H2/t20-,25-,26-/m0/s1. The third kappa shape index (κ3) is 6.75. The topological polar surface area (TPSA) is 85.3 Å². The molecule has 1 saturated heterocycles. The van der Waals surface area contributed by atoms with Gasteiger partial charge in [-0.3, -0.25) is 4.90 Å². The zero-order valence-corrected chi connectivity index (χ0v) is 23.3. The molecule has 1 aliphatic carbocycles. The summed E-state index contributed by atoms with van der Waals surface area (Å²) in [5, 5.41) is 0.0844. The lowest BCUT2D eigenvalue weighted by Crippen LogP contribution is -2.51. The van der Waals surface area contributed by atoms with E-state index in [9.17, 15) is 21.6 Å². The molecule has 0 bridgehead atoms. The van der Waals surface area contributed by atoms with Crippen LogP contribution in [0.25, 0.3) is 0 Å². The Balaban J connectivity index is 1.34. The average Bonchev–Trinajstić information content (AvgIpc) is 2.94. The van der Waals surface area contributed by atoms with Gasteiger partial charge in [0.1, 0.15) is 17.5 Å². The van der Waals surface area contributed by atoms with E-state index in [2.05, 4.69) is 19.9 Å². The zero-order chi connectivity index (χ0) is 28.3. The van der Waals surface area contributed by atoms with Crippen molar-refractivity contribution in [2.24, 2.45) is 0 Å². The van der Waals surface area contributed by atoms with Crippen molar-refractivity contribution in [2.45, 2.75) is 73.4 Å². The van der Waals surface area contributed by atoms with Crippen molar-refractivity contribution < 1.29 is 26.3 Å². The minimum absolute atomic E-state index is 0.0346. The fourth-order valence-electron chi connectivity index (χ4n) is 5.65. The average molecular weight is 595 g/mol. The third-order valence-electron chi connectivity index (χ3n) is 7.69. The van der Waals surface area contributed by atoms with Gasteiger partial charge in [0.25, 0.3) is 0 Å². The van der Waals surface area contributed by atoms with Gasteiger partial charge in [-0.15, -0.1) is 0 Å². The summed E-state index contributed by atoms with van der Waals surface area (Å²) in [6.07, 6.45) is 4.47. The van der Waals surface area contributed by atoms with Gasteiger partial charge >= 0.3 is 6.18 Å². The summed E-state index contributed by atoms with van der Waals surface area (Å²) in [6.45, 7) is 1.78. The number of benzene rings is 1. The molecule has 0 spiro atoms. The molecule has 214 valence electrons. The first-order valence-corrected chi connectivity index (χ1v) is 15.3. The quantitative estimate of drug-likeness (QED) is 0.327. The molecule has 40 heavy (non-hydrogen) atoms. The van der Waals surface area contributed by atoms with Gasteiger partial charge < -0.3 is 4.74 Å². The summed E-state index contributed by atoms with van der Waals surface area (Å²) < 4.78 is 72.2. The van der Waals surface area contributed by atoms with Crippen LogP contribution in [0.15, 0.2) is 60.0 Å². The molecule has 3 heterocycles. The lowest BCUT2D eigenvalue weighted by Gasteiger charge is -2.44. The summed E-state index contributed by atoms with van der Waals surface area (Å²) in [6, 6.07) is 8.44. The molecule has 12 heteroatoms. The van der Waals surface area contributed by atoms with E-state index in [-0.39, 0.29) is 39.6 Å². The number of alkyl halides is 3. The summed E-state index contributed by atoms with van der Waals surface area (Å²) in [5.74, 6) is -0.205. The summed E-state index contributed by atoms with van der Waals surface area (Å²) in [7, 11) is -3.75. The van der Waals surface area contributed by atoms with Crippen LogP contribution in [0, 0.1) is 0 Å². The number of nitrogens with zero attached hydrogens (tertiary/aromatic N) is 4. The van der Waals surface area contributed by atoms with E-state index in [0.29, 0.717) is 30.5 Å². The van der Waals surface area contributed by atoms with Crippen molar-refractivity contribution in [2.75, 3.05) is 13.1 Å². The Morgan fingerprint density at radius 1 is 1.05 bits per heavy atom. The van der Waals surface area contributed by atoms with Crippen LogP contribution >= 0.6 is 11.6 Å². The molecule has 2 aromatic heterocycles. The first kappa shape index (κ1) is 28.8. The molecule has 2 fully saturated rings. The Bertz CT molecular complexity index is 1420. The zero-order valence-electron chi connectivity index (χ0n) is 21.7. The minimum atomic E-state index is -4.39. The maximum atomic E-state index is 13.4. The van der Waals surface area contributed by atoms with Gasteiger partial charge in [0, 0.05) is 18.4 Å². The van der Waals surface area contributed by atoms with Crippen LogP contribution in [0.3, 0.4) is 0 Å². The lowest BCUT2D eigenvalue weighted by atomic mass is 9.78. The Morgan fingerprint density at radius 2 is 1.85 bits per heavy atom. The summed E-state index contributed by atoms with van der Waals surface area (Å²) in [5.41, 5.74) is 0.404. The van der Waals surface area contributed by atoms with E-state index in [1.165, 1.54) is 43.0 Å². The molecule has 1 aromatic carbocycles. The maximum absolute atomic E-state index is 13.4. The molecular formula is C28H30ClF3N4O3S. The second-order valence-electron chi connectivity index (χ2n) is 10.4. The van der Waals surface area contributed by atoms with Crippen LogP contribution in [0.4, 0.5) is 13.2 Å². The number of likely N-dealkylation sites (tertiary alicyclic amines) is 1. The van der Waals surface area contributed by atoms with Gasteiger partial charge in [-0.25, -0.2) is 23.4 Å². The smallest absolute Gasteiger partial charge is 0.416 e. The van der Waals surface area contributed by atoms with Crippen LogP contribution in [0.2, 0.25) is 5.02 Å². The van der Waals surface area contributed by atoms with Crippen molar-refractivity contribution in [3.63, 3.8) is 0 Å². The molecule has 2 aliphatic rings. The molecule has 1 aliphatic heterocycles. The highest BCUT2D eigenvalue weighted by atomic mass is 35.5. The van der Waals surface area contributed by atoms with E-state index in [1.807, 2.05) is 0 Å². The molecule has 7 nitrogen and oxygen atoms in total. The molecule has 3 atom stereocenters. The first-order chi connectivity index (χ1) is 19.1. The molecule has 1 saturated carbocycles. The van der Waals surface area contributed by atoms with Gasteiger partial charge in [-0.05, 0) is 74.9 Å². The number of hydrogen-bond acceptors (Lipinski definition) is 7. The summed E-state index contributed by atoms with van der Waals surface area (Å²) in [4.78, 5) is 14.4. The number of hydrogen-bond donors (Lipinski definition) is 0. The fourth-order valence-corrected chi connectivity index (χ4v) is 7.16. The second kappa shape index (κ2) is 12.0. The lowest BCUT2D eigenvalue weighted by molar-refractivity contribution is -0.137. The third-order valence-corrected chi connectivity index (χ3v) is 9.57. The number of ether oxygens (including phenoxy) is 1. The van der Waals surface area contributed by atoms with Gasteiger partial charge in [0.2, 0.25) is 5.88 Å². The van der Waals surface area contributed by atoms with E-state index in [0.717, 1.165) is 38.4 Å². The van der Waals surface area contributed by atoms with Gasteiger partial charge in [0.15, 0.2) is 9.84 Å². The van der Waals surface area contributed by atoms with E-state index in [4.69, 9.17) is 16.3 Å². The van der Waals surface area contributed by atoms with Crippen molar-refractivity contribution in [1.29, 1.82) is 0 Å². The molecule has 0 unspecified atom stereocenters. The minimum Gasteiger partial charge on any atom is -0.472 e. The SMILES string of the molecule is O=S(=O)(Cc1ccncn1)c1cnc(O[C@H]2CC[C@H](c3cccc(C(F)(F)F)c3)C[C@@H]2N2CCCCC2)c(Cl)c1. The van der Waals surface area contributed by atoms with Crippen molar-refractivity contribution in [3.8, 4) is 5.88 Å². The molecule has 0 N–H and O–H groups in total. The van der Waals surface area contributed by atoms with Crippen LogP contribution < -0.4 is 4.74 Å². The number of pyridine rings is 1. The first-order valence-electron chi connectivity index (χ1n) is 13.3. The van der Waals surface area contributed by atoms with Crippen molar-refractivity contribution in [3.05, 3.63) is 77.0 Å². The number of halogens is 4. The Kier molecular flexibility index (Phi) is 8.63. The van der Waals surface area contributed by atoms with E-state index < -0.39 is 21.6 Å². The van der Waals surface area contributed by atoms with Gasteiger partial charge in [0.05, 0.1) is 21.9 Å². The van der Waals surface area contributed by atoms with Crippen LogP contribution in [0.1, 0.15) is 61.3 Å². The van der Waals surface area contributed by atoms with Gasteiger partial charge in [-0.1, -0.05) is 36.2 Å². The Morgan fingerprint density at radius 3 is 2.55 bits per heavy atom. The number of aromatic nitrogens is 3. The van der Waals surface area contributed by atoms with Crippen LogP contribution in [0.5, 0.6) is 5.88 Å². The largest absolute Gasteiger partial charge is 0.472 e. The van der Waals surface area contributed by atoms with Crippen molar-refractivity contribution >= 4 is 21.4 Å². The monoisotopic (exact) mass is 594 g/mol. The fraction of sp³-hybridized carbons (Fsp3) is 0.464. The number of rotatable bonds is 7. The highest BCUT2D eigenvalue weighted by Gasteiger charge is 2.38. The molecule has 0 amide bonds. The normalized spacial score (nSPS) is 22.6. The molecule has 0 radical (unpaired) electrons. The Hall–Kier alpha value is -2.76. The second-order valence-corrected chi connectivity index (χ2v) is 12.8. The van der Waals surface area contributed by atoms with Crippen molar-refractivity contribution in [1.82, 2.24) is 19.9 Å². The highest BCUT2D eigenvalue weighted by Crippen LogP contribution is 2.40. The van der Waals surface area contributed by atoms with E-state index >= 15 is 0 Å². The van der Waals surface area contributed by atoms with Crippen LogP contribution in [-0.2, 0) is 21.8 Å². The highest BCUT2D eigenvalue weighted by molar-refractivity contribution is 7.90.